The molecule has 5 heteroatoms. The van der Waals surface area contributed by atoms with Crippen LogP contribution in [0.3, 0.4) is 0 Å². The van der Waals surface area contributed by atoms with Crippen molar-refractivity contribution >= 4 is 28.1 Å². The molecule has 0 saturated heterocycles. The second-order valence-corrected chi connectivity index (χ2v) is 7.68. The van der Waals surface area contributed by atoms with Gasteiger partial charge in [0, 0.05) is 23.7 Å². The number of nitrogens with one attached hydrogen (secondary N) is 1. The van der Waals surface area contributed by atoms with Crippen molar-refractivity contribution in [3.63, 3.8) is 0 Å². The molecule has 1 N–H and O–H groups in total. The molecule has 0 aliphatic carbocycles. The summed E-state index contributed by atoms with van der Waals surface area (Å²) in [6, 6.07) is 0. The van der Waals surface area contributed by atoms with Gasteiger partial charge in [0.2, 0.25) is 0 Å². The highest BCUT2D eigenvalue weighted by Crippen LogP contribution is 2.27. The molecule has 0 aliphatic heterocycles. The zero-order chi connectivity index (χ0) is 13.9. The lowest BCUT2D eigenvalue weighted by Crippen LogP contribution is -2.35. The smallest absolute Gasteiger partial charge is 0.194 e. The van der Waals surface area contributed by atoms with Crippen molar-refractivity contribution in [3.05, 3.63) is 17.3 Å². The van der Waals surface area contributed by atoms with Crippen LogP contribution in [0, 0.1) is 0 Å². The number of hydrogen-bond acceptors (Lipinski definition) is 4. The van der Waals surface area contributed by atoms with E-state index in [4.69, 9.17) is 4.98 Å². The fraction of sp³-hybridized carbons (Fsp3) is 0.643. The van der Waals surface area contributed by atoms with Gasteiger partial charge in [-0.1, -0.05) is 13.3 Å². The van der Waals surface area contributed by atoms with E-state index in [1.54, 1.807) is 11.3 Å². The van der Waals surface area contributed by atoms with Gasteiger partial charge >= 0.3 is 0 Å². The highest BCUT2D eigenvalue weighted by molar-refractivity contribution is 7.99. The fourth-order valence-corrected chi connectivity index (χ4v) is 3.66. The fourth-order valence-electron chi connectivity index (χ4n) is 1.75. The summed E-state index contributed by atoms with van der Waals surface area (Å²) in [6.45, 7) is 9.69. The molecule has 2 rings (SSSR count). The molecule has 0 amide bonds. The van der Waals surface area contributed by atoms with Gasteiger partial charge in [-0.3, -0.25) is 4.40 Å². The van der Waals surface area contributed by atoms with Gasteiger partial charge in [-0.2, -0.15) is 0 Å². The molecule has 2 aromatic rings. The van der Waals surface area contributed by atoms with E-state index in [9.17, 15) is 0 Å². The van der Waals surface area contributed by atoms with Crippen LogP contribution in [0.4, 0.5) is 0 Å². The molecule has 0 saturated carbocycles. The number of thioether (sulfide) groups is 1. The van der Waals surface area contributed by atoms with E-state index < -0.39 is 0 Å². The Morgan fingerprint density at radius 1 is 1.42 bits per heavy atom. The van der Waals surface area contributed by atoms with Crippen LogP contribution < -0.4 is 5.32 Å². The molecule has 106 valence electrons. The van der Waals surface area contributed by atoms with Crippen molar-refractivity contribution in [1.82, 2.24) is 14.7 Å². The first kappa shape index (κ1) is 14.9. The summed E-state index contributed by atoms with van der Waals surface area (Å²) >= 11 is 3.59. The van der Waals surface area contributed by atoms with E-state index in [-0.39, 0.29) is 5.54 Å². The van der Waals surface area contributed by atoms with Gasteiger partial charge in [-0.05, 0) is 32.9 Å². The normalized spacial score (nSPS) is 12.4. The average Bonchev–Trinajstić information content (AvgIpc) is 2.86. The molecule has 0 aliphatic rings. The molecule has 2 heterocycles. The summed E-state index contributed by atoms with van der Waals surface area (Å²) in [5, 5.41) is 6.86. The largest absolute Gasteiger partial charge is 0.306 e. The molecule has 0 bridgehead atoms. The third-order valence-corrected chi connectivity index (χ3v) is 4.70. The Kier molecular flexibility index (Phi) is 4.92. The van der Waals surface area contributed by atoms with Crippen molar-refractivity contribution in [2.45, 2.75) is 57.6 Å². The van der Waals surface area contributed by atoms with Gasteiger partial charge < -0.3 is 5.32 Å². The molecular formula is C14H23N3S2. The summed E-state index contributed by atoms with van der Waals surface area (Å²) in [5.41, 5.74) is 1.43. The maximum atomic E-state index is 4.75. The molecule has 0 fully saturated rings. The molecule has 3 nitrogen and oxygen atoms in total. The zero-order valence-corrected chi connectivity index (χ0v) is 13.8. The predicted molar refractivity (Wildman–Crippen MR) is 85.3 cm³/mol. The Hall–Kier alpha value is -0.520. The Morgan fingerprint density at radius 3 is 2.89 bits per heavy atom. The lowest BCUT2D eigenvalue weighted by Gasteiger charge is -2.20. The van der Waals surface area contributed by atoms with Gasteiger partial charge in [0.25, 0.3) is 0 Å². The molecule has 0 spiro atoms. The first-order valence-electron chi connectivity index (χ1n) is 6.83. The second kappa shape index (κ2) is 6.29. The van der Waals surface area contributed by atoms with Crippen molar-refractivity contribution in [2.75, 3.05) is 5.75 Å². The Morgan fingerprint density at radius 2 is 2.21 bits per heavy atom. The average molecular weight is 297 g/mol. The van der Waals surface area contributed by atoms with E-state index in [1.165, 1.54) is 23.6 Å². The van der Waals surface area contributed by atoms with E-state index >= 15 is 0 Å². The van der Waals surface area contributed by atoms with E-state index in [2.05, 4.69) is 49.0 Å². The van der Waals surface area contributed by atoms with Crippen LogP contribution in [0.1, 0.15) is 46.2 Å². The Balaban J connectivity index is 2.16. The van der Waals surface area contributed by atoms with Gasteiger partial charge in [-0.25, -0.2) is 4.98 Å². The van der Waals surface area contributed by atoms with Gasteiger partial charge in [0.1, 0.15) is 5.03 Å². The second-order valence-electron chi connectivity index (χ2n) is 5.72. The third-order valence-electron chi connectivity index (χ3n) is 2.85. The Bertz CT molecular complexity index is 522. The number of rotatable bonds is 6. The van der Waals surface area contributed by atoms with Crippen molar-refractivity contribution in [2.24, 2.45) is 0 Å². The van der Waals surface area contributed by atoms with Crippen molar-refractivity contribution < 1.29 is 0 Å². The molecule has 0 aromatic carbocycles. The topological polar surface area (TPSA) is 29.3 Å². The van der Waals surface area contributed by atoms with E-state index in [0.717, 1.165) is 17.3 Å². The standard InChI is InChI=1S/C14H23N3S2/c1-5-6-8-18-12-11(10-15-14(2,3)4)17-7-9-19-13(17)16-12/h7,9,15H,5-6,8,10H2,1-4H3. The lowest BCUT2D eigenvalue weighted by molar-refractivity contribution is 0.418. The SMILES string of the molecule is CCCCSc1nc2sccn2c1CNC(C)(C)C. The Labute approximate surface area is 123 Å². The summed E-state index contributed by atoms with van der Waals surface area (Å²) in [6.07, 6.45) is 4.61. The van der Waals surface area contributed by atoms with Crippen LogP contribution in [-0.4, -0.2) is 20.7 Å². The quantitative estimate of drug-likeness (QED) is 0.641. The minimum atomic E-state index is 0.130. The number of imidazole rings is 1. The molecule has 2 aromatic heterocycles. The monoisotopic (exact) mass is 297 g/mol. The summed E-state index contributed by atoms with van der Waals surface area (Å²) in [5.74, 6) is 1.16. The maximum Gasteiger partial charge on any atom is 0.194 e. The van der Waals surface area contributed by atoms with Crippen LogP contribution in [0.25, 0.3) is 4.96 Å². The van der Waals surface area contributed by atoms with Gasteiger partial charge in [0.05, 0.1) is 5.69 Å². The van der Waals surface area contributed by atoms with Crippen molar-refractivity contribution in [3.8, 4) is 0 Å². The maximum absolute atomic E-state index is 4.75. The summed E-state index contributed by atoms with van der Waals surface area (Å²) < 4.78 is 2.22. The van der Waals surface area contributed by atoms with Crippen LogP contribution in [0.5, 0.6) is 0 Å². The molecule has 0 unspecified atom stereocenters. The van der Waals surface area contributed by atoms with Crippen LogP contribution >= 0.6 is 23.1 Å². The first-order valence-corrected chi connectivity index (χ1v) is 8.70. The number of unbranched alkanes of at least 4 members (excludes halogenated alkanes) is 1. The number of fused-ring (bicyclic) bond motifs is 1. The minimum absolute atomic E-state index is 0.130. The molecule has 0 atom stereocenters. The van der Waals surface area contributed by atoms with Crippen LogP contribution in [0.2, 0.25) is 0 Å². The predicted octanol–water partition coefficient (Wildman–Crippen LogP) is 4.18. The first-order chi connectivity index (χ1) is 9.01. The van der Waals surface area contributed by atoms with Gasteiger partial charge in [-0.15, -0.1) is 23.1 Å². The number of hydrogen-bond donors (Lipinski definition) is 1. The minimum Gasteiger partial charge on any atom is -0.306 e. The van der Waals surface area contributed by atoms with Crippen LogP contribution in [0.15, 0.2) is 16.6 Å². The van der Waals surface area contributed by atoms with E-state index in [1.807, 2.05) is 11.8 Å². The van der Waals surface area contributed by atoms with Crippen molar-refractivity contribution in [1.29, 1.82) is 0 Å². The number of aromatic nitrogens is 2. The highest BCUT2D eigenvalue weighted by atomic mass is 32.2. The third kappa shape index (κ3) is 3.97. The number of thiazole rings is 1. The lowest BCUT2D eigenvalue weighted by atomic mass is 10.1. The van der Waals surface area contributed by atoms with Crippen LogP contribution in [-0.2, 0) is 6.54 Å². The summed E-state index contributed by atoms with van der Waals surface area (Å²) in [4.78, 5) is 5.85. The highest BCUT2D eigenvalue weighted by Gasteiger charge is 2.16. The molecular weight excluding hydrogens is 274 g/mol. The van der Waals surface area contributed by atoms with Gasteiger partial charge in [0.15, 0.2) is 4.96 Å². The number of nitrogens with zero attached hydrogens (tertiary/aromatic N) is 2. The molecule has 19 heavy (non-hydrogen) atoms. The molecule has 0 radical (unpaired) electrons. The summed E-state index contributed by atoms with van der Waals surface area (Å²) in [7, 11) is 0. The van der Waals surface area contributed by atoms with E-state index in [0.29, 0.717) is 0 Å². The zero-order valence-electron chi connectivity index (χ0n) is 12.2.